The van der Waals surface area contributed by atoms with Crippen LogP contribution in [0.3, 0.4) is 0 Å². The summed E-state index contributed by atoms with van der Waals surface area (Å²) in [6.45, 7) is 3.94. The van der Waals surface area contributed by atoms with Gasteiger partial charge in [-0.05, 0) is 68.0 Å². The van der Waals surface area contributed by atoms with Crippen LogP contribution in [-0.4, -0.2) is 41.3 Å². The smallest absolute Gasteiger partial charge is 0.253 e. The van der Waals surface area contributed by atoms with Gasteiger partial charge in [-0.2, -0.15) is 0 Å². The number of aryl methyl sites for hydroxylation is 1. The van der Waals surface area contributed by atoms with Crippen LogP contribution in [0.5, 0.6) is 0 Å². The quantitative estimate of drug-likeness (QED) is 0.618. The van der Waals surface area contributed by atoms with Crippen LogP contribution in [0.15, 0.2) is 65.2 Å². The average Bonchev–Trinajstić information content (AvgIpc) is 3.37. The lowest BCUT2D eigenvalue weighted by atomic mass is 9.90. The summed E-state index contributed by atoms with van der Waals surface area (Å²) in [7, 11) is 0. The van der Waals surface area contributed by atoms with E-state index in [0.717, 1.165) is 48.5 Å². The zero-order valence-electron chi connectivity index (χ0n) is 18.9. The highest BCUT2D eigenvalue weighted by atomic mass is 16.3. The largest absolute Gasteiger partial charge is 0.461 e. The molecule has 1 aliphatic carbocycles. The van der Waals surface area contributed by atoms with E-state index in [1.165, 1.54) is 0 Å². The van der Waals surface area contributed by atoms with Gasteiger partial charge in [-0.1, -0.05) is 18.2 Å². The lowest BCUT2D eigenvalue weighted by Gasteiger charge is -2.33. The zero-order valence-corrected chi connectivity index (χ0v) is 18.9. The number of aromatic nitrogens is 1. The summed E-state index contributed by atoms with van der Waals surface area (Å²) >= 11 is 0. The van der Waals surface area contributed by atoms with E-state index in [9.17, 15) is 9.59 Å². The molecule has 1 atom stereocenters. The molecule has 2 amide bonds. The van der Waals surface area contributed by atoms with Crippen LogP contribution in [0.1, 0.15) is 41.1 Å². The number of benzene rings is 1. The molecule has 1 N–H and O–H groups in total. The van der Waals surface area contributed by atoms with Crippen molar-refractivity contribution in [2.45, 2.75) is 32.6 Å². The van der Waals surface area contributed by atoms with Gasteiger partial charge in [0.05, 0.1) is 0 Å². The molecule has 3 aromatic rings. The van der Waals surface area contributed by atoms with Crippen molar-refractivity contribution in [3.05, 3.63) is 77.8 Å². The number of piperidine rings is 1. The molecule has 6 nitrogen and oxygen atoms in total. The number of carbonyl (C=O) groups is 2. The molecule has 170 valence electrons. The first kappa shape index (κ1) is 21.4. The summed E-state index contributed by atoms with van der Waals surface area (Å²) in [6, 6.07) is 17.3. The Morgan fingerprint density at radius 2 is 1.88 bits per heavy atom. The van der Waals surface area contributed by atoms with Crippen molar-refractivity contribution in [2.24, 2.45) is 11.3 Å². The number of rotatable bonds is 6. The second-order valence-electron chi connectivity index (χ2n) is 9.26. The van der Waals surface area contributed by atoms with Gasteiger partial charge in [-0.15, -0.1) is 0 Å². The molecular weight excluding hydrogens is 414 g/mol. The maximum Gasteiger partial charge on any atom is 0.253 e. The maximum atomic E-state index is 13.0. The molecular formula is C27H29N3O3. The number of likely N-dealkylation sites (tertiary alicyclic amines) is 1. The number of nitrogens with one attached hydrogen (secondary N) is 1. The molecule has 0 unspecified atom stereocenters. The fraction of sp³-hybridized carbons (Fsp3) is 0.370. The second kappa shape index (κ2) is 8.85. The number of furan rings is 1. The van der Waals surface area contributed by atoms with E-state index in [-0.39, 0.29) is 23.1 Å². The number of hydrogen-bond donors (Lipinski definition) is 1. The molecule has 33 heavy (non-hydrogen) atoms. The highest BCUT2D eigenvalue weighted by Crippen LogP contribution is 2.59. The molecule has 2 aromatic heterocycles. The van der Waals surface area contributed by atoms with Gasteiger partial charge < -0.3 is 14.6 Å². The van der Waals surface area contributed by atoms with Crippen molar-refractivity contribution < 1.29 is 14.0 Å². The third-order valence-electron chi connectivity index (χ3n) is 7.12. The summed E-state index contributed by atoms with van der Waals surface area (Å²) in [5.74, 6) is 1.96. The molecule has 2 fully saturated rings. The summed E-state index contributed by atoms with van der Waals surface area (Å²) in [5, 5.41) is 3.08. The Bertz CT molecular complexity index is 1130. The third kappa shape index (κ3) is 4.56. The van der Waals surface area contributed by atoms with Crippen LogP contribution in [0.25, 0.3) is 11.3 Å². The topological polar surface area (TPSA) is 75.4 Å². The third-order valence-corrected chi connectivity index (χ3v) is 7.12. The maximum absolute atomic E-state index is 13.0. The standard InChI is InChI=1S/C27H29N3O3/c1-19-5-10-24(33-19)20-6-8-21(9-7-20)26(32)30-16-12-27(13-17-30)18-23(27)25(31)29-15-11-22-4-2-3-14-28-22/h2-10,14,23H,11-13,15-18H2,1H3,(H,29,31)/t23-/m0/s1. The second-order valence-corrected chi connectivity index (χ2v) is 9.26. The van der Waals surface area contributed by atoms with Gasteiger partial charge >= 0.3 is 0 Å². The Labute approximate surface area is 194 Å². The first-order valence-electron chi connectivity index (χ1n) is 11.7. The summed E-state index contributed by atoms with van der Waals surface area (Å²) in [5.41, 5.74) is 2.72. The Kier molecular flexibility index (Phi) is 5.75. The van der Waals surface area contributed by atoms with Gasteiger partial charge in [0.2, 0.25) is 5.91 Å². The van der Waals surface area contributed by atoms with Crippen molar-refractivity contribution in [1.29, 1.82) is 0 Å². The molecule has 3 heterocycles. The molecule has 1 aliphatic heterocycles. The lowest BCUT2D eigenvalue weighted by molar-refractivity contribution is -0.123. The minimum Gasteiger partial charge on any atom is -0.461 e. The highest BCUT2D eigenvalue weighted by Gasteiger charge is 2.58. The first-order chi connectivity index (χ1) is 16.0. The number of nitrogens with zero attached hydrogens (tertiary/aromatic N) is 2. The minimum atomic E-state index is 0.0593. The van der Waals surface area contributed by atoms with E-state index in [4.69, 9.17) is 4.42 Å². The molecule has 0 radical (unpaired) electrons. The van der Waals surface area contributed by atoms with Gasteiger partial charge in [0.25, 0.3) is 5.91 Å². The van der Waals surface area contributed by atoms with E-state index in [0.29, 0.717) is 25.2 Å². The Balaban J connectivity index is 1.10. The molecule has 1 saturated heterocycles. The zero-order chi connectivity index (χ0) is 22.8. The van der Waals surface area contributed by atoms with Crippen molar-refractivity contribution in [3.63, 3.8) is 0 Å². The molecule has 2 aliphatic rings. The van der Waals surface area contributed by atoms with E-state index < -0.39 is 0 Å². The fourth-order valence-electron chi connectivity index (χ4n) is 4.96. The average molecular weight is 444 g/mol. The highest BCUT2D eigenvalue weighted by molar-refractivity contribution is 5.94. The van der Waals surface area contributed by atoms with Gasteiger partial charge in [-0.3, -0.25) is 14.6 Å². The van der Waals surface area contributed by atoms with E-state index in [1.54, 1.807) is 6.20 Å². The predicted molar refractivity (Wildman–Crippen MR) is 126 cm³/mol. The number of carbonyl (C=O) groups excluding carboxylic acids is 2. The van der Waals surface area contributed by atoms with Crippen LogP contribution in [-0.2, 0) is 11.2 Å². The first-order valence-corrected chi connectivity index (χ1v) is 11.7. The monoisotopic (exact) mass is 443 g/mol. The SMILES string of the molecule is Cc1ccc(-c2ccc(C(=O)N3CCC4(CC3)C[C@H]4C(=O)NCCc3ccccn3)cc2)o1. The number of amides is 2. The van der Waals surface area contributed by atoms with Gasteiger partial charge in [0, 0.05) is 55.0 Å². The summed E-state index contributed by atoms with van der Waals surface area (Å²) in [6.07, 6.45) is 5.23. The van der Waals surface area contributed by atoms with E-state index in [1.807, 2.05) is 66.4 Å². The molecule has 1 spiro atoms. The summed E-state index contributed by atoms with van der Waals surface area (Å²) < 4.78 is 5.66. The molecule has 0 bridgehead atoms. The van der Waals surface area contributed by atoms with Crippen LogP contribution in [0.2, 0.25) is 0 Å². The fourth-order valence-corrected chi connectivity index (χ4v) is 4.96. The van der Waals surface area contributed by atoms with Gasteiger partial charge in [0.1, 0.15) is 11.5 Å². The predicted octanol–water partition coefficient (Wildman–Crippen LogP) is 4.25. The molecule has 1 saturated carbocycles. The van der Waals surface area contributed by atoms with Crippen molar-refractivity contribution in [2.75, 3.05) is 19.6 Å². The molecule has 1 aromatic carbocycles. The van der Waals surface area contributed by atoms with Crippen molar-refractivity contribution >= 4 is 11.8 Å². The lowest BCUT2D eigenvalue weighted by Crippen LogP contribution is -2.40. The van der Waals surface area contributed by atoms with Crippen LogP contribution < -0.4 is 5.32 Å². The van der Waals surface area contributed by atoms with Crippen molar-refractivity contribution in [1.82, 2.24) is 15.2 Å². The Morgan fingerprint density at radius 1 is 1.09 bits per heavy atom. The van der Waals surface area contributed by atoms with Crippen LogP contribution in [0, 0.1) is 18.3 Å². The van der Waals surface area contributed by atoms with Crippen LogP contribution in [0.4, 0.5) is 0 Å². The Hall–Kier alpha value is -3.41. The van der Waals surface area contributed by atoms with Crippen LogP contribution >= 0.6 is 0 Å². The number of hydrogen-bond acceptors (Lipinski definition) is 4. The minimum absolute atomic E-state index is 0.0593. The van der Waals surface area contributed by atoms with E-state index in [2.05, 4.69) is 10.3 Å². The van der Waals surface area contributed by atoms with E-state index >= 15 is 0 Å². The van der Waals surface area contributed by atoms with Gasteiger partial charge in [-0.25, -0.2) is 0 Å². The Morgan fingerprint density at radius 3 is 2.55 bits per heavy atom. The van der Waals surface area contributed by atoms with Gasteiger partial charge in [0.15, 0.2) is 0 Å². The molecule has 5 rings (SSSR count). The van der Waals surface area contributed by atoms with Crippen molar-refractivity contribution in [3.8, 4) is 11.3 Å². The molecule has 6 heteroatoms. The number of pyridine rings is 1. The summed E-state index contributed by atoms with van der Waals surface area (Å²) in [4.78, 5) is 31.8. The normalized spacial score (nSPS) is 18.8.